The Balaban J connectivity index is 2.17. The molecule has 120 valence electrons. The number of anilines is 1. The van der Waals surface area contributed by atoms with Crippen molar-refractivity contribution in [1.29, 1.82) is 0 Å². The second-order valence-electron chi connectivity index (χ2n) is 5.27. The average molecular weight is 352 g/mol. The SMILES string of the molecule is COc1cc2c(c(OC)c1)C(c1ccc(Cl)c(Cl)c1)CC(=O)N2. The minimum absolute atomic E-state index is 0.0659. The molecule has 2 aromatic rings. The van der Waals surface area contributed by atoms with Crippen LogP contribution in [-0.2, 0) is 4.79 Å². The molecule has 1 N–H and O–H groups in total. The summed E-state index contributed by atoms with van der Waals surface area (Å²) in [6.45, 7) is 0. The first kappa shape index (κ1) is 16.0. The Morgan fingerprint density at radius 3 is 2.52 bits per heavy atom. The highest BCUT2D eigenvalue weighted by atomic mass is 35.5. The quantitative estimate of drug-likeness (QED) is 0.886. The summed E-state index contributed by atoms with van der Waals surface area (Å²) >= 11 is 12.1. The zero-order valence-electron chi connectivity index (χ0n) is 12.7. The maximum atomic E-state index is 12.1. The Kier molecular flexibility index (Phi) is 4.37. The predicted molar refractivity (Wildman–Crippen MR) is 91.1 cm³/mol. The highest BCUT2D eigenvalue weighted by Gasteiger charge is 2.30. The van der Waals surface area contributed by atoms with Crippen molar-refractivity contribution in [3.8, 4) is 11.5 Å². The van der Waals surface area contributed by atoms with Crippen LogP contribution in [0.5, 0.6) is 11.5 Å². The summed E-state index contributed by atoms with van der Waals surface area (Å²) in [5.41, 5.74) is 2.51. The van der Waals surface area contributed by atoms with Gasteiger partial charge in [-0.2, -0.15) is 0 Å². The summed E-state index contributed by atoms with van der Waals surface area (Å²) in [4.78, 5) is 12.1. The summed E-state index contributed by atoms with van der Waals surface area (Å²) in [5, 5.41) is 3.82. The number of benzene rings is 2. The lowest BCUT2D eigenvalue weighted by Gasteiger charge is -2.28. The molecule has 0 fully saturated rings. The topological polar surface area (TPSA) is 47.6 Å². The molecule has 1 aliphatic rings. The summed E-state index contributed by atoms with van der Waals surface area (Å²) in [5.74, 6) is 1.06. The molecule has 6 heteroatoms. The zero-order chi connectivity index (χ0) is 16.6. The lowest BCUT2D eigenvalue weighted by Crippen LogP contribution is -2.24. The molecule has 1 atom stereocenters. The van der Waals surface area contributed by atoms with Crippen molar-refractivity contribution >= 4 is 34.8 Å². The van der Waals surface area contributed by atoms with E-state index in [4.69, 9.17) is 32.7 Å². The van der Waals surface area contributed by atoms with E-state index >= 15 is 0 Å². The maximum Gasteiger partial charge on any atom is 0.225 e. The number of carbonyl (C=O) groups excluding carboxylic acids is 1. The molecule has 0 aliphatic carbocycles. The van der Waals surface area contributed by atoms with E-state index in [1.54, 1.807) is 38.5 Å². The molecule has 1 aliphatic heterocycles. The fourth-order valence-corrected chi connectivity index (χ4v) is 3.16. The van der Waals surface area contributed by atoms with Gasteiger partial charge >= 0.3 is 0 Å². The molecule has 1 unspecified atom stereocenters. The van der Waals surface area contributed by atoms with E-state index in [1.165, 1.54) is 0 Å². The molecule has 3 rings (SSSR count). The van der Waals surface area contributed by atoms with Gasteiger partial charge in [-0.3, -0.25) is 4.79 Å². The van der Waals surface area contributed by atoms with Crippen molar-refractivity contribution in [1.82, 2.24) is 0 Å². The summed E-state index contributed by atoms with van der Waals surface area (Å²) in [6.07, 6.45) is 0.313. The van der Waals surface area contributed by atoms with Crippen LogP contribution in [0.4, 0.5) is 5.69 Å². The molecule has 0 saturated carbocycles. The number of hydrogen-bond acceptors (Lipinski definition) is 3. The highest BCUT2D eigenvalue weighted by Crippen LogP contribution is 2.45. The number of fused-ring (bicyclic) bond motifs is 1. The largest absolute Gasteiger partial charge is 0.497 e. The van der Waals surface area contributed by atoms with Crippen molar-refractivity contribution in [3.05, 3.63) is 51.5 Å². The first-order valence-corrected chi connectivity index (χ1v) is 7.79. The molecule has 23 heavy (non-hydrogen) atoms. The molecule has 2 aromatic carbocycles. The van der Waals surface area contributed by atoms with E-state index < -0.39 is 0 Å². The van der Waals surface area contributed by atoms with Gasteiger partial charge in [0.05, 0.1) is 30.0 Å². The third-order valence-electron chi connectivity index (χ3n) is 3.93. The second-order valence-corrected chi connectivity index (χ2v) is 6.08. The van der Waals surface area contributed by atoms with Crippen molar-refractivity contribution in [2.75, 3.05) is 19.5 Å². The van der Waals surface area contributed by atoms with Gasteiger partial charge in [-0.15, -0.1) is 0 Å². The Hall–Kier alpha value is -1.91. The third-order valence-corrected chi connectivity index (χ3v) is 4.67. The number of rotatable bonds is 3. The van der Waals surface area contributed by atoms with Gasteiger partial charge in [-0.1, -0.05) is 29.3 Å². The van der Waals surface area contributed by atoms with Gasteiger partial charge in [0.15, 0.2) is 0 Å². The van der Waals surface area contributed by atoms with Gasteiger partial charge in [-0.25, -0.2) is 0 Å². The molecule has 4 nitrogen and oxygen atoms in total. The van der Waals surface area contributed by atoms with Crippen molar-refractivity contribution < 1.29 is 14.3 Å². The van der Waals surface area contributed by atoms with Gasteiger partial charge in [0, 0.05) is 30.0 Å². The zero-order valence-corrected chi connectivity index (χ0v) is 14.2. The normalized spacial score (nSPS) is 16.5. The predicted octanol–water partition coefficient (Wildman–Crippen LogP) is 4.48. The van der Waals surface area contributed by atoms with Crippen LogP contribution in [0.1, 0.15) is 23.5 Å². The second kappa shape index (κ2) is 6.30. The molecule has 0 radical (unpaired) electrons. The number of methoxy groups -OCH3 is 2. The minimum atomic E-state index is -0.158. The Morgan fingerprint density at radius 2 is 1.87 bits per heavy atom. The number of halogens is 2. The highest BCUT2D eigenvalue weighted by molar-refractivity contribution is 6.42. The molecular formula is C17H15Cl2NO3. The van der Waals surface area contributed by atoms with Crippen molar-refractivity contribution in [2.24, 2.45) is 0 Å². The van der Waals surface area contributed by atoms with Crippen molar-refractivity contribution in [3.63, 3.8) is 0 Å². The third kappa shape index (κ3) is 2.96. The summed E-state index contributed by atoms with van der Waals surface area (Å²) < 4.78 is 10.8. The van der Waals surface area contributed by atoms with Crippen LogP contribution in [-0.4, -0.2) is 20.1 Å². The van der Waals surface area contributed by atoms with Crippen LogP contribution in [0.25, 0.3) is 0 Å². The van der Waals surface area contributed by atoms with E-state index in [0.717, 1.165) is 11.1 Å². The first-order valence-electron chi connectivity index (χ1n) is 7.04. The smallest absolute Gasteiger partial charge is 0.225 e. The van der Waals surface area contributed by atoms with Gasteiger partial charge in [0.25, 0.3) is 0 Å². The fraction of sp³-hybridized carbons (Fsp3) is 0.235. The van der Waals surface area contributed by atoms with Gasteiger partial charge in [0.2, 0.25) is 5.91 Å². The average Bonchev–Trinajstić information content (AvgIpc) is 2.55. The summed E-state index contributed by atoms with van der Waals surface area (Å²) in [6, 6.07) is 9.01. The van der Waals surface area contributed by atoms with E-state index in [1.807, 2.05) is 6.07 Å². The fourth-order valence-electron chi connectivity index (χ4n) is 2.85. The molecular weight excluding hydrogens is 337 g/mol. The number of ether oxygens (including phenoxy) is 2. The lowest BCUT2D eigenvalue weighted by atomic mass is 9.84. The number of nitrogens with one attached hydrogen (secondary N) is 1. The first-order chi connectivity index (χ1) is 11.0. The Bertz CT molecular complexity index is 777. The minimum Gasteiger partial charge on any atom is -0.497 e. The number of amides is 1. The van der Waals surface area contributed by atoms with E-state index in [9.17, 15) is 4.79 Å². The van der Waals surface area contributed by atoms with Crippen molar-refractivity contribution in [2.45, 2.75) is 12.3 Å². The van der Waals surface area contributed by atoms with Crippen LogP contribution < -0.4 is 14.8 Å². The van der Waals surface area contributed by atoms with Crippen LogP contribution in [0.3, 0.4) is 0 Å². The molecule has 0 saturated heterocycles. The molecule has 0 aromatic heterocycles. The molecule has 1 amide bonds. The van der Waals surface area contributed by atoms with Gasteiger partial charge < -0.3 is 14.8 Å². The van der Waals surface area contributed by atoms with E-state index in [-0.39, 0.29) is 11.8 Å². The van der Waals surface area contributed by atoms with Gasteiger partial charge in [-0.05, 0) is 17.7 Å². The molecule has 0 bridgehead atoms. The Morgan fingerprint density at radius 1 is 1.09 bits per heavy atom. The number of hydrogen-bond donors (Lipinski definition) is 1. The lowest BCUT2D eigenvalue weighted by molar-refractivity contribution is -0.116. The number of carbonyl (C=O) groups is 1. The monoisotopic (exact) mass is 351 g/mol. The molecule has 0 spiro atoms. The summed E-state index contributed by atoms with van der Waals surface area (Å²) in [7, 11) is 3.17. The van der Waals surface area contributed by atoms with Crippen LogP contribution in [0, 0.1) is 0 Å². The standard InChI is InChI=1S/C17H15Cl2NO3/c1-22-10-6-14-17(15(7-10)23-2)11(8-16(21)20-14)9-3-4-12(18)13(19)5-9/h3-7,11H,8H2,1-2H3,(H,20,21). The Labute approximate surface area is 144 Å². The van der Waals surface area contributed by atoms with E-state index in [0.29, 0.717) is 33.7 Å². The van der Waals surface area contributed by atoms with Gasteiger partial charge in [0.1, 0.15) is 11.5 Å². The maximum absolute atomic E-state index is 12.1. The molecule has 1 heterocycles. The van der Waals surface area contributed by atoms with Crippen LogP contribution in [0.15, 0.2) is 30.3 Å². The van der Waals surface area contributed by atoms with Crippen LogP contribution >= 0.6 is 23.2 Å². The van der Waals surface area contributed by atoms with E-state index in [2.05, 4.69) is 5.32 Å². The van der Waals surface area contributed by atoms with Crippen LogP contribution in [0.2, 0.25) is 10.0 Å².